The fourth-order valence-corrected chi connectivity index (χ4v) is 1.47. The normalized spacial score (nSPS) is 10.5. The van der Waals surface area contributed by atoms with E-state index in [1.165, 1.54) is 7.11 Å². The Morgan fingerprint density at radius 2 is 2.21 bits per heavy atom. The van der Waals surface area contributed by atoms with Gasteiger partial charge in [-0.25, -0.2) is 4.39 Å². The van der Waals surface area contributed by atoms with Crippen molar-refractivity contribution in [1.82, 2.24) is 5.48 Å². The maximum atomic E-state index is 13.2. The molecule has 0 aromatic heterocycles. The van der Waals surface area contributed by atoms with Crippen molar-refractivity contribution in [3.8, 4) is 11.5 Å². The molecule has 0 atom stereocenters. The molecule has 0 aliphatic carbocycles. The zero-order chi connectivity index (χ0) is 10.7. The van der Waals surface area contributed by atoms with E-state index in [9.17, 15) is 9.50 Å². The fraction of sp³-hybridized carbons (Fsp3) is 0.250. The van der Waals surface area contributed by atoms with Gasteiger partial charge in [0.15, 0.2) is 11.5 Å². The predicted molar refractivity (Wildman–Crippen MR) is 51.3 cm³/mol. The van der Waals surface area contributed by atoms with Gasteiger partial charge in [-0.2, -0.15) is 5.48 Å². The molecular formula is C8H9BrFNO3. The summed E-state index contributed by atoms with van der Waals surface area (Å²) in [4.78, 5) is 4.54. The molecule has 0 amide bonds. The van der Waals surface area contributed by atoms with Gasteiger partial charge in [-0.15, -0.1) is 0 Å². The first-order valence-corrected chi connectivity index (χ1v) is 4.52. The molecule has 14 heavy (non-hydrogen) atoms. The van der Waals surface area contributed by atoms with Crippen LogP contribution in [0.1, 0.15) is 5.56 Å². The van der Waals surface area contributed by atoms with Crippen LogP contribution in [0.4, 0.5) is 4.39 Å². The lowest BCUT2D eigenvalue weighted by Gasteiger charge is -2.09. The third-order valence-electron chi connectivity index (χ3n) is 1.66. The number of hydrogen-bond acceptors (Lipinski definition) is 4. The zero-order valence-corrected chi connectivity index (χ0v) is 8.93. The first-order valence-electron chi connectivity index (χ1n) is 3.72. The molecule has 0 spiro atoms. The Hall–Kier alpha value is -0.850. The first kappa shape index (κ1) is 11.2. The van der Waals surface area contributed by atoms with E-state index in [4.69, 9.17) is 5.11 Å². The van der Waals surface area contributed by atoms with E-state index in [0.717, 1.165) is 6.07 Å². The van der Waals surface area contributed by atoms with Crippen LogP contribution in [0.25, 0.3) is 0 Å². The predicted octanol–water partition coefficient (Wildman–Crippen LogP) is 1.65. The van der Waals surface area contributed by atoms with Gasteiger partial charge in [0.1, 0.15) is 5.82 Å². The highest BCUT2D eigenvalue weighted by atomic mass is 79.9. The number of hydroxylamine groups is 1. The summed E-state index contributed by atoms with van der Waals surface area (Å²) >= 11 is 2.97. The van der Waals surface area contributed by atoms with Gasteiger partial charge >= 0.3 is 0 Å². The van der Waals surface area contributed by atoms with Crippen LogP contribution in [-0.4, -0.2) is 17.3 Å². The standard InChI is InChI=1S/C8H9BrFNO3/c1-14-11-3-4-5(10)2-6(12)8(13)7(4)9/h2,11-13H,3H2,1H3. The Balaban J connectivity index is 3.09. The van der Waals surface area contributed by atoms with E-state index in [1.54, 1.807) is 0 Å². The lowest BCUT2D eigenvalue weighted by molar-refractivity contribution is 0.0857. The number of rotatable bonds is 3. The minimum absolute atomic E-state index is 0.0801. The third kappa shape index (κ3) is 2.14. The second-order valence-electron chi connectivity index (χ2n) is 2.54. The van der Waals surface area contributed by atoms with Crippen molar-refractivity contribution in [2.45, 2.75) is 6.54 Å². The number of phenols is 2. The summed E-state index contributed by atoms with van der Waals surface area (Å²) in [7, 11) is 1.39. The van der Waals surface area contributed by atoms with Gasteiger partial charge < -0.3 is 15.1 Å². The summed E-state index contributed by atoms with van der Waals surface area (Å²) in [5, 5.41) is 18.3. The lowest BCUT2D eigenvalue weighted by atomic mass is 10.2. The van der Waals surface area contributed by atoms with Gasteiger partial charge in [0, 0.05) is 11.6 Å². The van der Waals surface area contributed by atoms with Crippen LogP contribution in [0.3, 0.4) is 0 Å². The van der Waals surface area contributed by atoms with E-state index < -0.39 is 11.6 Å². The van der Waals surface area contributed by atoms with Crippen molar-refractivity contribution in [1.29, 1.82) is 0 Å². The molecule has 1 rings (SSSR count). The molecule has 0 bridgehead atoms. The van der Waals surface area contributed by atoms with Gasteiger partial charge in [-0.3, -0.25) is 0 Å². The largest absolute Gasteiger partial charge is 0.504 e. The fourth-order valence-electron chi connectivity index (χ4n) is 0.942. The van der Waals surface area contributed by atoms with Crippen molar-refractivity contribution in [2.75, 3.05) is 7.11 Å². The summed E-state index contributed by atoms with van der Waals surface area (Å²) in [5.41, 5.74) is 2.61. The van der Waals surface area contributed by atoms with Crippen molar-refractivity contribution in [3.05, 3.63) is 21.9 Å². The molecule has 1 aromatic rings. The maximum absolute atomic E-state index is 13.2. The quantitative estimate of drug-likeness (QED) is 0.575. The molecule has 4 nitrogen and oxygen atoms in total. The van der Waals surface area contributed by atoms with Gasteiger partial charge in [0.25, 0.3) is 0 Å². The molecule has 0 fully saturated rings. The second-order valence-corrected chi connectivity index (χ2v) is 3.34. The Labute approximate surface area is 88.4 Å². The van der Waals surface area contributed by atoms with E-state index in [1.807, 2.05) is 0 Å². The molecule has 0 saturated carbocycles. The highest BCUT2D eigenvalue weighted by Gasteiger charge is 2.15. The summed E-state index contributed by atoms with van der Waals surface area (Å²) in [6.45, 7) is 0.0801. The van der Waals surface area contributed by atoms with Gasteiger partial charge in [-0.05, 0) is 15.9 Å². The van der Waals surface area contributed by atoms with Crippen molar-refractivity contribution in [2.24, 2.45) is 0 Å². The smallest absolute Gasteiger partial charge is 0.172 e. The molecule has 1 aromatic carbocycles. The minimum atomic E-state index is -0.628. The number of aromatic hydroxyl groups is 2. The third-order valence-corrected chi connectivity index (χ3v) is 2.51. The number of benzene rings is 1. The van der Waals surface area contributed by atoms with Crippen LogP contribution in [-0.2, 0) is 11.4 Å². The topological polar surface area (TPSA) is 61.7 Å². The molecule has 0 saturated heterocycles. The molecule has 6 heteroatoms. The zero-order valence-electron chi connectivity index (χ0n) is 7.34. The van der Waals surface area contributed by atoms with Crippen LogP contribution in [0.5, 0.6) is 11.5 Å². The van der Waals surface area contributed by atoms with Crippen LogP contribution < -0.4 is 5.48 Å². The molecular weight excluding hydrogens is 257 g/mol. The van der Waals surface area contributed by atoms with Crippen LogP contribution in [0.15, 0.2) is 10.5 Å². The maximum Gasteiger partial charge on any atom is 0.172 e. The summed E-state index contributed by atoms with van der Waals surface area (Å²) in [6, 6.07) is 0.840. The summed E-state index contributed by atoms with van der Waals surface area (Å²) in [6.07, 6.45) is 0. The van der Waals surface area contributed by atoms with Crippen molar-refractivity contribution in [3.63, 3.8) is 0 Å². The lowest BCUT2D eigenvalue weighted by Crippen LogP contribution is -2.12. The van der Waals surface area contributed by atoms with E-state index in [0.29, 0.717) is 0 Å². The highest BCUT2D eigenvalue weighted by molar-refractivity contribution is 9.10. The van der Waals surface area contributed by atoms with E-state index >= 15 is 0 Å². The molecule has 78 valence electrons. The van der Waals surface area contributed by atoms with Gasteiger partial charge in [-0.1, -0.05) is 0 Å². The van der Waals surface area contributed by atoms with Crippen molar-refractivity contribution >= 4 is 15.9 Å². The summed E-state index contributed by atoms with van der Waals surface area (Å²) in [5.74, 6) is -1.52. The van der Waals surface area contributed by atoms with Crippen LogP contribution in [0.2, 0.25) is 0 Å². The average molecular weight is 266 g/mol. The SMILES string of the molecule is CONCc1c(F)cc(O)c(O)c1Br. The molecule has 0 aliphatic rings. The Morgan fingerprint density at radius 1 is 1.57 bits per heavy atom. The summed E-state index contributed by atoms with van der Waals surface area (Å²) < 4.78 is 13.3. The van der Waals surface area contributed by atoms with E-state index in [2.05, 4.69) is 26.2 Å². The van der Waals surface area contributed by atoms with Crippen LogP contribution in [0, 0.1) is 5.82 Å². The molecule has 0 unspecified atom stereocenters. The first-order chi connectivity index (χ1) is 6.57. The number of halogens is 2. The van der Waals surface area contributed by atoms with E-state index in [-0.39, 0.29) is 22.3 Å². The Morgan fingerprint density at radius 3 is 2.79 bits per heavy atom. The number of nitrogens with one attached hydrogen (secondary N) is 1. The van der Waals surface area contributed by atoms with Crippen molar-refractivity contribution < 1.29 is 19.4 Å². The van der Waals surface area contributed by atoms with Crippen LogP contribution >= 0.6 is 15.9 Å². The second kappa shape index (κ2) is 4.59. The Bertz CT molecular complexity index is 346. The molecule has 0 heterocycles. The Kier molecular flexibility index (Phi) is 3.68. The van der Waals surface area contributed by atoms with Gasteiger partial charge in [0.05, 0.1) is 18.1 Å². The number of phenolic OH excluding ortho intramolecular Hbond substituents is 2. The number of hydrogen-bond donors (Lipinski definition) is 3. The molecule has 3 N–H and O–H groups in total. The average Bonchev–Trinajstić information content (AvgIpc) is 2.14. The minimum Gasteiger partial charge on any atom is -0.504 e. The molecule has 0 aliphatic heterocycles. The van der Waals surface area contributed by atoms with Gasteiger partial charge in [0.2, 0.25) is 0 Å². The molecule has 0 radical (unpaired) electrons. The monoisotopic (exact) mass is 265 g/mol. The highest BCUT2D eigenvalue weighted by Crippen LogP contribution is 2.37.